The second-order valence-corrected chi connectivity index (χ2v) is 3.03. The molecule has 13 heavy (non-hydrogen) atoms. The summed E-state index contributed by atoms with van der Waals surface area (Å²) in [6.07, 6.45) is 0.370. The number of anilines is 1. The number of nitroso groups, excluding NO2 is 1. The molecule has 4 heteroatoms. The van der Waals surface area contributed by atoms with Crippen LogP contribution in [-0.4, -0.2) is 13.0 Å². The van der Waals surface area contributed by atoms with Gasteiger partial charge in [-0.3, -0.25) is 4.79 Å². The van der Waals surface area contributed by atoms with Gasteiger partial charge < -0.3 is 4.90 Å². The summed E-state index contributed by atoms with van der Waals surface area (Å²) in [5.41, 5.74) is 2.13. The highest BCUT2D eigenvalue weighted by atomic mass is 16.3. The summed E-state index contributed by atoms with van der Waals surface area (Å²) in [7, 11) is 1.72. The smallest absolute Gasteiger partial charge is 0.231 e. The van der Waals surface area contributed by atoms with Gasteiger partial charge in [-0.25, -0.2) is 0 Å². The number of hydrogen-bond acceptors (Lipinski definition) is 3. The monoisotopic (exact) mass is 176 g/mol. The quantitative estimate of drug-likeness (QED) is 0.610. The molecule has 1 heterocycles. The van der Waals surface area contributed by atoms with Gasteiger partial charge in [0.25, 0.3) is 0 Å². The maximum atomic E-state index is 11.2. The van der Waals surface area contributed by atoms with Crippen LogP contribution in [0.1, 0.15) is 5.56 Å². The molecule has 2 rings (SSSR count). The van der Waals surface area contributed by atoms with Gasteiger partial charge >= 0.3 is 0 Å². The lowest BCUT2D eigenvalue weighted by molar-refractivity contribution is -0.117. The highest BCUT2D eigenvalue weighted by Crippen LogP contribution is 2.30. The predicted molar refractivity (Wildman–Crippen MR) is 49.0 cm³/mol. The third kappa shape index (κ3) is 1.11. The molecule has 0 fully saturated rings. The van der Waals surface area contributed by atoms with E-state index in [1.165, 1.54) is 0 Å². The Morgan fingerprint density at radius 1 is 1.46 bits per heavy atom. The van der Waals surface area contributed by atoms with E-state index in [2.05, 4.69) is 5.18 Å². The maximum absolute atomic E-state index is 11.2. The minimum absolute atomic E-state index is 0.0537. The molecule has 0 saturated heterocycles. The molecule has 0 spiro atoms. The van der Waals surface area contributed by atoms with Crippen LogP contribution < -0.4 is 4.90 Å². The van der Waals surface area contributed by atoms with Gasteiger partial charge in [0.15, 0.2) is 0 Å². The number of fused-ring (bicyclic) bond motifs is 1. The molecule has 1 aromatic carbocycles. The van der Waals surface area contributed by atoms with Gasteiger partial charge in [0.05, 0.1) is 6.42 Å². The molecule has 1 aromatic rings. The molecule has 0 atom stereocenters. The standard InChI is InChI=1S/C9H8N2O2/c1-11-8-3-2-7(10-13)4-6(8)5-9(11)12/h2-4H,5H2,1H3. The molecule has 0 aromatic heterocycles. The Balaban J connectivity index is 2.52. The van der Waals surface area contributed by atoms with E-state index in [1.54, 1.807) is 30.1 Å². The molecule has 0 N–H and O–H groups in total. The fraction of sp³-hybridized carbons (Fsp3) is 0.222. The SMILES string of the molecule is CN1C(=O)Cc2cc(N=O)ccc21. The van der Waals surface area contributed by atoms with Crippen LogP contribution >= 0.6 is 0 Å². The van der Waals surface area contributed by atoms with E-state index >= 15 is 0 Å². The van der Waals surface area contributed by atoms with Crippen molar-refractivity contribution in [3.63, 3.8) is 0 Å². The van der Waals surface area contributed by atoms with Crippen molar-refractivity contribution in [1.82, 2.24) is 0 Å². The van der Waals surface area contributed by atoms with Gasteiger partial charge in [-0.2, -0.15) is 0 Å². The van der Waals surface area contributed by atoms with Crippen molar-refractivity contribution in [2.24, 2.45) is 5.18 Å². The Bertz CT molecular complexity index is 387. The Morgan fingerprint density at radius 3 is 2.92 bits per heavy atom. The number of benzene rings is 1. The average Bonchev–Trinajstić information content (AvgIpc) is 2.42. The van der Waals surface area contributed by atoms with Gasteiger partial charge in [-0.05, 0) is 28.9 Å². The summed E-state index contributed by atoms with van der Waals surface area (Å²) in [5.74, 6) is 0.0537. The van der Waals surface area contributed by atoms with E-state index < -0.39 is 0 Å². The van der Waals surface area contributed by atoms with E-state index in [-0.39, 0.29) is 5.91 Å². The third-order valence-corrected chi connectivity index (χ3v) is 2.25. The first-order chi connectivity index (χ1) is 6.22. The number of carbonyl (C=O) groups is 1. The number of amides is 1. The van der Waals surface area contributed by atoms with Crippen LogP contribution in [0, 0.1) is 4.91 Å². The number of nitrogens with zero attached hydrogens (tertiary/aromatic N) is 2. The molecule has 0 aliphatic carbocycles. The van der Waals surface area contributed by atoms with Crippen LogP contribution in [0.25, 0.3) is 0 Å². The molecule has 4 nitrogen and oxygen atoms in total. The number of carbonyl (C=O) groups excluding carboxylic acids is 1. The molecular formula is C9H8N2O2. The highest BCUT2D eigenvalue weighted by molar-refractivity contribution is 6.01. The van der Waals surface area contributed by atoms with Crippen molar-refractivity contribution in [3.05, 3.63) is 28.7 Å². The normalized spacial score (nSPS) is 14.5. The lowest BCUT2D eigenvalue weighted by Crippen LogP contribution is -2.20. The van der Waals surface area contributed by atoms with E-state index in [1.807, 2.05) is 0 Å². The van der Waals surface area contributed by atoms with Gasteiger partial charge in [0.1, 0.15) is 5.69 Å². The van der Waals surface area contributed by atoms with Gasteiger partial charge in [0, 0.05) is 12.7 Å². The molecule has 0 saturated carbocycles. The van der Waals surface area contributed by atoms with Crippen molar-refractivity contribution < 1.29 is 4.79 Å². The molecule has 0 radical (unpaired) electrons. The Labute approximate surface area is 75.1 Å². The van der Waals surface area contributed by atoms with Crippen molar-refractivity contribution in [3.8, 4) is 0 Å². The Hall–Kier alpha value is -1.71. The summed E-state index contributed by atoms with van der Waals surface area (Å²) in [4.78, 5) is 23.1. The van der Waals surface area contributed by atoms with Crippen molar-refractivity contribution in [1.29, 1.82) is 0 Å². The minimum atomic E-state index is 0.0537. The van der Waals surface area contributed by atoms with Crippen molar-refractivity contribution in [2.75, 3.05) is 11.9 Å². The molecule has 1 amide bonds. The van der Waals surface area contributed by atoms with E-state index in [9.17, 15) is 9.70 Å². The Morgan fingerprint density at radius 2 is 2.23 bits per heavy atom. The third-order valence-electron chi connectivity index (χ3n) is 2.25. The summed E-state index contributed by atoms with van der Waals surface area (Å²) >= 11 is 0. The van der Waals surface area contributed by atoms with Crippen LogP contribution in [-0.2, 0) is 11.2 Å². The van der Waals surface area contributed by atoms with E-state index in [0.29, 0.717) is 12.1 Å². The highest BCUT2D eigenvalue weighted by Gasteiger charge is 2.23. The zero-order valence-corrected chi connectivity index (χ0v) is 7.15. The molecule has 66 valence electrons. The molecule has 1 aliphatic heterocycles. The van der Waals surface area contributed by atoms with Crippen LogP contribution in [0.5, 0.6) is 0 Å². The molecular weight excluding hydrogens is 168 g/mol. The largest absolute Gasteiger partial charge is 0.315 e. The van der Waals surface area contributed by atoms with Gasteiger partial charge in [-0.15, -0.1) is 4.91 Å². The van der Waals surface area contributed by atoms with Crippen molar-refractivity contribution in [2.45, 2.75) is 6.42 Å². The summed E-state index contributed by atoms with van der Waals surface area (Å²) in [6, 6.07) is 5.02. The summed E-state index contributed by atoms with van der Waals surface area (Å²) < 4.78 is 0. The summed E-state index contributed by atoms with van der Waals surface area (Å²) in [5, 5.41) is 2.82. The zero-order chi connectivity index (χ0) is 9.42. The van der Waals surface area contributed by atoms with Gasteiger partial charge in [0.2, 0.25) is 5.91 Å². The van der Waals surface area contributed by atoms with Crippen LogP contribution in [0.2, 0.25) is 0 Å². The van der Waals surface area contributed by atoms with E-state index in [4.69, 9.17) is 0 Å². The fourth-order valence-electron chi connectivity index (χ4n) is 1.51. The average molecular weight is 176 g/mol. The first-order valence-electron chi connectivity index (χ1n) is 3.95. The topological polar surface area (TPSA) is 49.7 Å². The second-order valence-electron chi connectivity index (χ2n) is 3.03. The molecule has 1 aliphatic rings. The minimum Gasteiger partial charge on any atom is -0.315 e. The molecule has 0 bridgehead atoms. The Kier molecular flexibility index (Phi) is 1.62. The lowest BCUT2D eigenvalue weighted by Gasteiger charge is -2.08. The van der Waals surface area contributed by atoms with Crippen molar-refractivity contribution >= 4 is 17.3 Å². The summed E-state index contributed by atoms with van der Waals surface area (Å²) in [6.45, 7) is 0. The number of hydrogen-bond donors (Lipinski definition) is 0. The van der Waals surface area contributed by atoms with E-state index in [0.717, 1.165) is 11.3 Å². The van der Waals surface area contributed by atoms with Crippen LogP contribution in [0.15, 0.2) is 23.4 Å². The fourth-order valence-corrected chi connectivity index (χ4v) is 1.51. The maximum Gasteiger partial charge on any atom is 0.231 e. The van der Waals surface area contributed by atoms with Crippen LogP contribution in [0.3, 0.4) is 0 Å². The number of rotatable bonds is 1. The van der Waals surface area contributed by atoms with Crippen LogP contribution in [0.4, 0.5) is 11.4 Å². The molecule has 0 unspecified atom stereocenters. The number of likely N-dealkylation sites (N-methyl/N-ethyl adjacent to an activating group) is 1. The van der Waals surface area contributed by atoms with Gasteiger partial charge in [-0.1, -0.05) is 0 Å². The first-order valence-corrected chi connectivity index (χ1v) is 3.95. The first kappa shape index (κ1) is 7.91. The lowest BCUT2D eigenvalue weighted by atomic mass is 10.1. The second kappa shape index (κ2) is 2.65. The predicted octanol–water partition coefficient (Wildman–Crippen LogP) is 1.60. The zero-order valence-electron chi connectivity index (χ0n) is 7.15.